The lowest BCUT2D eigenvalue weighted by molar-refractivity contribution is -0.134. The van der Waals surface area contributed by atoms with Gasteiger partial charge in [0, 0.05) is 30.4 Å². The lowest BCUT2D eigenvalue weighted by Gasteiger charge is -2.26. The fourth-order valence-corrected chi connectivity index (χ4v) is 3.30. The molecule has 8 nitrogen and oxygen atoms in total. The molecule has 0 atom stereocenters. The molecule has 0 bridgehead atoms. The zero-order chi connectivity index (χ0) is 18.8. The van der Waals surface area contributed by atoms with Gasteiger partial charge in [-0.2, -0.15) is 0 Å². The summed E-state index contributed by atoms with van der Waals surface area (Å²) in [7, 11) is 0. The van der Waals surface area contributed by atoms with Crippen molar-refractivity contribution < 1.29 is 23.9 Å². The Hall–Kier alpha value is -2.97. The Bertz CT molecular complexity index is 907. The van der Waals surface area contributed by atoms with Crippen LogP contribution in [-0.2, 0) is 14.3 Å². The number of imide groups is 2. The van der Waals surface area contributed by atoms with E-state index in [9.17, 15) is 14.4 Å². The SMILES string of the molecule is O=C1NC(=O)N(c2ccc(OCCN3CCOCC3)c3ccccc23)C1=O. The molecule has 140 valence electrons. The van der Waals surface area contributed by atoms with Crippen molar-refractivity contribution in [1.82, 2.24) is 10.2 Å². The van der Waals surface area contributed by atoms with Crippen molar-refractivity contribution in [3.8, 4) is 5.75 Å². The number of amides is 4. The van der Waals surface area contributed by atoms with Crippen LogP contribution in [0.2, 0.25) is 0 Å². The molecule has 2 aliphatic heterocycles. The molecule has 0 aliphatic carbocycles. The highest BCUT2D eigenvalue weighted by atomic mass is 16.5. The Morgan fingerprint density at radius 3 is 2.44 bits per heavy atom. The average molecular weight is 369 g/mol. The molecule has 0 saturated carbocycles. The van der Waals surface area contributed by atoms with E-state index in [-0.39, 0.29) is 0 Å². The molecule has 0 spiro atoms. The van der Waals surface area contributed by atoms with Crippen LogP contribution >= 0.6 is 0 Å². The Labute approximate surface area is 155 Å². The zero-order valence-electron chi connectivity index (χ0n) is 14.6. The third-order valence-corrected chi connectivity index (χ3v) is 4.69. The number of anilines is 1. The van der Waals surface area contributed by atoms with Gasteiger partial charge in [-0.1, -0.05) is 24.3 Å². The standard InChI is InChI=1S/C19H19N3O5/c23-17-18(24)22(19(25)20-17)15-5-6-16(14-4-2-1-3-13(14)15)27-12-9-21-7-10-26-11-8-21/h1-6H,7-12H2,(H,20,23,25). The Balaban J connectivity index is 1.58. The number of benzene rings is 2. The van der Waals surface area contributed by atoms with Gasteiger partial charge in [0.2, 0.25) is 0 Å². The van der Waals surface area contributed by atoms with E-state index in [0.29, 0.717) is 23.4 Å². The minimum atomic E-state index is -0.921. The van der Waals surface area contributed by atoms with E-state index in [0.717, 1.165) is 43.1 Å². The summed E-state index contributed by atoms with van der Waals surface area (Å²) in [6, 6.07) is 9.94. The summed E-state index contributed by atoms with van der Waals surface area (Å²) < 4.78 is 11.3. The summed E-state index contributed by atoms with van der Waals surface area (Å²) in [4.78, 5) is 38.7. The van der Waals surface area contributed by atoms with E-state index in [4.69, 9.17) is 9.47 Å². The summed E-state index contributed by atoms with van der Waals surface area (Å²) in [6.07, 6.45) is 0. The number of carbonyl (C=O) groups excluding carboxylic acids is 3. The molecular weight excluding hydrogens is 350 g/mol. The Morgan fingerprint density at radius 1 is 1.00 bits per heavy atom. The zero-order valence-corrected chi connectivity index (χ0v) is 14.6. The lowest BCUT2D eigenvalue weighted by Crippen LogP contribution is -2.38. The number of nitrogens with zero attached hydrogens (tertiary/aromatic N) is 2. The summed E-state index contributed by atoms with van der Waals surface area (Å²) in [6.45, 7) is 4.57. The van der Waals surface area contributed by atoms with Crippen LogP contribution < -0.4 is 15.0 Å². The molecule has 2 aliphatic rings. The molecule has 1 N–H and O–H groups in total. The molecule has 4 amide bonds. The molecule has 2 saturated heterocycles. The maximum Gasteiger partial charge on any atom is 0.336 e. The first-order valence-electron chi connectivity index (χ1n) is 8.79. The number of fused-ring (bicyclic) bond motifs is 1. The summed E-state index contributed by atoms with van der Waals surface area (Å²) in [5, 5.41) is 3.46. The Morgan fingerprint density at radius 2 is 1.74 bits per heavy atom. The molecule has 4 rings (SSSR count). The van der Waals surface area contributed by atoms with Gasteiger partial charge in [0.15, 0.2) is 0 Å². The normalized spacial score (nSPS) is 18.2. The second kappa shape index (κ2) is 7.34. The molecule has 2 heterocycles. The lowest BCUT2D eigenvalue weighted by atomic mass is 10.1. The minimum absolute atomic E-state index is 0.361. The Kier molecular flexibility index (Phi) is 4.74. The highest BCUT2D eigenvalue weighted by molar-refractivity contribution is 6.53. The van der Waals surface area contributed by atoms with Gasteiger partial charge in [0.25, 0.3) is 0 Å². The van der Waals surface area contributed by atoms with Gasteiger partial charge >= 0.3 is 17.8 Å². The van der Waals surface area contributed by atoms with Gasteiger partial charge in [0.1, 0.15) is 12.4 Å². The molecule has 2 aromatic rings. The van der Waals surface area contributed by atoms with Crippen LogP contribution in [0, 0.1) is 0 Å². The topological polar surface area (TPSA) is 88.2 Å². The van der Waals surface area contributed by atoms with Crippen LogP contribution in [-0.4, -0.2) is 62.2 Å². The highest BCUT2D eigenvalue weighted by Gasteiger charge is 2.38. The summed E-state index contributed by atoms with van der Waals surface area (Å²) >= 11 is 0. The van der Waals surface area contributed by atoms with Gasteiger partial charge in [-0.25, -0.2) is 9.69 Å². The van der Waals surface area contributed by atoms with Gasteiger partial charge in [-0.3, -0.25) is 19.8 Å². The van der Waals surface area contributed by atoms with Crippen molar-refractivity contribution in [3.05, 3.63) is 36.4 Å². The summed E-state index contributed by atoms with van der Waals surface area (Å²) in [5.74, 6) is -1.14. The first-order valence-corrected chi connectivity index (χ1v) is 8.79. The van der Waals surface area contributed by atoms with E-state index in [1.54, 1.807) is 18.2 Å². The molecule has 2 aromatic carbocycles. The van der Waals surface area contributed by atoms with Crippen molar-refractivity contribution in [2.24, 2.45) is 0 Å². The first-order chi connectivity index (χ1) is 13.1. The maximum absolute atomic E-state index is 12.0. The van der Waals surface area contributed by atoms with E-state index < -0.39 is 17.8 Å². The molecule has 27 heavy (non-hydrogen) atoms. The second-order valence-electron chi connectivity index (χ2n) is 6.33. The van der Waals surface area contributed by atoms with E-state index in [1.807, 2.05) is 23.5 Å². The van der Waals surface area contributed by atoms with Gasteiger partial charge in [0.05, 0.1) is 18.9 Å². The number of urea groups is 1. The van der Waals surface area contributed by atoms with Crippen molar-refractivity contribution in [3.63, 3.8) is 0 Å². The van der Waals surface area contributed by atoms with Crippen molar-refractivity contribution in [1.29, 1.82) is 0 Å². The monoisotopic (exact) mass is 369 g/mol. The van der Waals surface area contributed by atoms with Crippen LogP contribution in [0.15, 0.2) is 36.4 Å². The van der Waals surface area contributed by atoms with Crippen LogP contribution in [0.3, 0.4) is 0 Å². The molecule has 2 fully saturated rings. The molecule has 0 radical (unpaired) electrons. The third kappa shape index (κ3) is 3.36. The fraction of sp³-hybridized carbons (Fsp3) is 0.316. The number of nitrogens with one attached hydrogen (secondary N) is 1. The predicted molar refractivity (Wildman–Crippen MR) is 97.7 cm³/mol. The quantitative estimate of drug-likeness (QED) is 0.628. The third-order valence-electron chi connectivity index (χ3n) is 4.69. The summed E-state index contributed by atoms with van der Waals surface area (Å²) in [5.41, 5.74) is 0.361. The predicted octanol–water partition coefficient (Wildman–Crippen LogP) is 1.13. The van der Waals surface area contributed by atoms with Crippen LogP contribution in [0.25, 0.3) is 10.8 Å². The molecule has 0 unspecified atom stereocenters. The molecule has 8 heteroatoms. The van der Waals surface area contributed by atoms with Crippen molar-refractivity contribution in [2.45, 2.75) is 0 Å². The van der Waals surface area contributed by atoms with E-state index in [2.05, 4.69) is 4.90 Å². The van der Waals surface area contributed by atoms with E-state index >= 15 is 0 Å². The minimum Gasteiger partial charge on any atom is -0.492 e. The van der Waals surface area contributed by atoms with Gasteiger partial charge < -0.3 is 9.47 Å². The largest absolute Gasteiger partial charge is 0.492 e. The number of ether oxygens (including phenoxy) is 2. The maximum atomic E-state index is 12.0. The van der Waals surface area contributed by atoms with Crippen molar-refractivity contribution in [2.75, 3.05) is 44.4 Å². The van der Waals surface area contributed by atoms with Crippen LogP contribution in [0.5, 0.6) is 5.75 Å². The fourth-order valence-electron chi connectivity index (χ4n) is 3.30. The highest BCUT2D eigenvalue weighted by Crippen LogP contribution is 2.34. The molecular formula is C19H19N3O5. The second-order valence-corrected chi connectivity index (χ2v) is 6.33. The number of hydrogen-bond donors (Lipinski definition) is 1. The number of hydrogen-bond acceptors (Lipinski definition) is 6. The molecule has 0 aromatic heterocycles. The average Bonchev–Trinajstić information content (AvgIpc) is 2.95. The number of carbonyl (C=O) groups is 3. The van der Waals surface area contributed by atoms with Gasteiger partial charge in [-0.05, 0) is 12.1 Å². The van der Waals surface area contributed by atoms with Crippen LogP contribution in [0.4, 0.5) is 10.5 Å². The smallest absolute Gasteiger partial charge is 0.336 e. The number of morpholine rings is 1. The number of rotatable bonds is 5. The van der Waals surface area contributed by atoms with Crippen LogP contribution in [0.1, 0.15) is 0 Å². The van der Waals surface area contributed by atoms with E-state index in [1.165, 1.54) is 0 Å². The van der Waals surface area contributed by atoms with Gasteiger partial charge in [-0.15, -0.1) is 0 Å². The first kappa shape index (κ1) is 17.4. The van der Waals surface area contributed by atoms with Crippen molar-refractivity contribution >= 4 is 34.3 Å².